The molecule has 0 saturated carbocycles. The largest absolute Gasteiger partial charge is 0.481 e. The van der Waals surface area contributed by atoms with E-state index in [1.54, 1.807) is 0 Å². The first-order valence-corrected chi connectivity index (χ1v) is 5.80. The molecule has 2 heterocycles. The lowest BCUT2D eigenvalue weighted by atomic mass is 10.2. The van der Waals surface area contributed by atoms with Gasteiger partial charge in [-0.3, -0.25) is 4.79 Å². The van der Waals surface area contributed by atoms with Crippen molar-refractivity contribution in [3.05, 3.63) is 5.82 Å². The van der Waals surface area contributed by atoms with Crippen LogP contribution in [0.3, 0.4) is 0 Å². The molecular weight excluding hydrogens is 230 g/mol. The van der Waals surface area contributed by atoms with Gasteiger partial charge in [-0.2, -0.15) is 4.37 Å². The van der Waals surface area contributed by atoms with Gasteiger partial charge in [-0.05, 0) is 6.92 Å². The molecule has 88 valence electrons. The summed E-state index contributed by atoms with van der Waals surface area (Å²) in [4.78, 5) is 17.0. The minimum Gasteiger partial charge on any atom is -0.481 e. The Morgan fingerprint density at radius 2 is 2.56 bits per heavy atom. The maximum absolute atomic E-state index is 10.7. The summed E-state index contributed by atoms with van der Waals surface area (Å²) >= 11 is 1.30. The van der Waals surface area contributed by atoms with Crippen LogP contribution < -0.4 is 4.90 Å². The molecular formula is C9H13N3O3S. The molecule has 1 aromatic heterocycles. The van der Waals surface area contributed by atoms with Crippen LogP contribution in [0.5, 0.6) is 0 Å². The highest BCUT2D eigenvalue weighted by molar-refractivity contribution is 7.09. The van der Waals surface area contributed by atoms with E-state index in [-0.39, 0.29) is 12.5 Å². The van der Waals surface area contributed by atoms with E-state index in [9.17, 15) is 4.79 Å². The molecule has 7 heteroatoms. The fourth-order valence-corrected chi connectivity index (χ4v) is 2.45. The number of aromatic nitrogens is 2. The third-order valence-corrected chi connectivity index (χ3v) is 3.24. The summed E-state index contributed by atoms with van der Waals surface area (Å²) in [6, 6.07) is -0.140. The number of hydrogen-bond donors (Lipinski definition) is 1. The number of carboxylic acid groups (broad SMARTS) is 1. The molecule has 16 heavy (non-hydrogen) atoms. The molecule has 1 unspecified atom stereocenters. The summed E-state index contributed by atoms with van der Waals surface area (Å²) in [5.74, 6) is -0.0951. The summed E-state index contributed by atoms with van der Waals surface area (Å²) in [6.45, 7) is 3.54. The van der Waals surface area contributed by atoms with Crippen molar-refractivity contribution in [3.63, 3.8) is 0 Å². The average Bonchev–Trinajstić information content (AvgIpc) is 2.65. The van der Waals surface area contributed by atoms with Gasteiger partial charge in [0.05, 0.1) is 25.7 Å². The second-order valence-electron chi connectivity index (χ2n) is 3.64. The molecule has 6 nitrogen and oxygen atoms in total. The van der Waals surface area contributed by atoms with E-state index < -0.39 is 5.97 Å². The second kappa shape index (κ2) is 4.75. The van der Waals surface area contributed by atoms with E-state index in [1.165, 1.54) is 11.5 Å². The lowest BCUT2D eigenvalue weighted by molar-refractivity contribution is -0.138. The molecule has 1 saturated heterocycles. The minimum absolute atomic E-state index is 0.0681. The minimum atomic E-state index is -0.818. The smallest absolute Gasteiger partial charge is 0.305 e. The number of carbonyl (C=O) groups is 1. The van der Waals surface area contributed by atoms with Crippen molar-refractivity contribution >= 4 is 22.6 Å². The molecule has 0 radical (unpaired) electrons. The number of anilines is 1. The van der Waals surface area contributed by atoms with Crippen LogP contribution in [0, 0.1) is 6.92 Å². The molecule has 2 rings (SSSR count). The number of hydrogen-bond acceptors (Lipinski definition) is 6. The fourth-order valence-electron chi connectivity index (χ4n) is 1.68. The summed E-state index contributed by atoms with van der Waals surface area (Å²) in [6.07, 6.45) is 0.0681. The van der Waals surface area contributed by atoms with Crippen LogP contribution in [0.2, 0.25) is 0 Å². The molecule has 1 aliphatic heterocycles. The third-order valence-electron chi connectivity index (χ3n) is 2.40. The van der Waals surface area contributed by atoms with Gasteiger partial charge in [-0.15, -0.1) is 0 Å². The van der Waals surface area contributed by atoms with Crippen molar-refractivity contribution in [2.75, 3.05) is 24.7 Å². The Labute approximate surface area is 97.0 Å². The highest BCUT2D eigenvalue weighted by Crippen LogP contribution is 2.23. The zero-order chi connectivity index (χ0) is 11.5. The Morgan fingerprint density at radius 3 is 3.19 bits per heavy atom. The Hall–Kier alpha value is -1.21. The van der Waals surface area contributed by atoms with Gasteiger partial charge < -0.3 is 14.7 Å². The number of ether oxygens (including phenoxy) is 1. The van der Waals surface area contributed by atoms with Crippen molar-refractivity contribution in [3.8, 4) is 0 Å². The zero-order valence-electron chi connectivity index (χ0n) is 8.92. The average molecular weight is 243 g/mol. The molecule has 1 aliphatic rings. The maximum Gasteiger partial charge on any atom is 0.305 e. The first-order chi connectivity index (χ1) is 7.66. The first-order valence-electron chi connectivity index (χ1n) is 5.03. The van der Waals surface area contributed by atoms with E-state index in [1.807, 2.05) is 11.8 Å². The molecule has 1 fully saturated rings. The van der Waals surface area contributed by atoms with E-state index >= 15 is 0 Å². The van der Waals surface area contributed by atoms with Gasteiger partial charge in [0.15, 0.2) is 0 Å². The Morgan fingerprint density at radius 1 is 1.75 bits per heavy atom. The monoisotopic (exact) mass is 243 g/mol. The fraction of sp³-hybridized carbons (Fsp3) is 0.667. The van der Waals surface area contributed by atoms with E-state index in [4.69, 9.17) is 9.84 Å². The molecule has 1 atom stereocenters. The summed E-state index contributed by atoms with van der Waals surface area (Å²) in [5, 5.41) is 9.61. The maximum atomic E-state index is 10.7. The molecule has 0 spiro atoms. The lowest BCUT2D eigenvalue weighted by Crippen LogP contribution is -2.46. The SMILES string of the molecule is Cc1nsc(N2CCOCC2CC(=O)O)n1. The predicted molar refractivity (Wildman–Crippen MR) is 58.9 cm³/mol. The number of aliphatic carboxylic acids is 1. The predicted octanol–water partition coefficient (Wildman–Crippen LogP) is 0.526. The van der Waals surface area contributed by atoms with Crippen LogP contribution >= 0.6 is 11.5 Å². The molecule has 1 aromatic rings. The molecule has 1 N–H and O–H groups in total. The van der Waals surface area contributed by atoms with Gasteiger partial charge >= 0.3 is 5.97 Å². The normalized spacial score (nSPS) is 21.1. The highest BCUT2D eigenvalue weighted by atomic mass is 32.1. The number of carboxylic acids is 1. The van der Waals surface area contributed by atoms with Crippen molar-refractivity contribution < 1.29 is 14.6 Å². The van der Waals surface area contributed by atoms with Crippen LogP contribution in [-0.2, 0) is 9.53 Å². The van der Waals surface area contributed by atoms with Gasteiger partial charge in [-0.25, -0.2) is 4.98 Å². The third kappa shape index (κ3) is 2.48. The van der Waals surface area contributed by atoms with Crippen molar-refractivity contribution in [2.45, 2.75) is 19.4 Å². The lowest BCUT2D eigenvalue weighted by Gasteiger charge is -2.34. The van der Waals surface area contributed by atoms with Gasteiger partial charge in [0.1, 0.15) is 5.82 Å². The molecule has 0 aliphatic carbocycles. The number of aryl methyl sites for hydroxylation is 1. The Kier molecular flexibility index (Phi) is 3.35. The van der Waals surface area contributed by atoms with E-state index in [2.05, 4.69) is 9.36 Å². The van der Waals surface area contributed by atoms with Crippen LogP contribution in [0.15, 0.2) is 0 Å². The van der Waals surface area contributed by atoms with Gasteiger partial charge in [0, 0.05) is 18.1 Å². The summed E-state index contributed by atoms with van der Waals surface area (Å²) in [7, 11) is 0. The Bertz CT molecular complexity index is 382. The molecule has 0 bridgehead atoms. The van der Waals surface area contributed by atoms with Crippen LogP contribution in [-0.4, -0.2) is 46.2 Å². The van der Waals surface area contributed by atoms with E-state index in [0.29, 0.717) is 19.8 Å². The zero-order valence-corrected chi connectivity index (χ0v) is 9.74. The van der Waals surface area contributed by atoms with Gasteiger partial charge in [0.25, 0.3) is 0 Å². The first kappa shape index (κ1) is 11.3. The number of rotatable bonds is 3. The van der Waals surface area contributed by atoms with E-state index in [0.717, 1.165) is 11.0 Å². The quantitative estimate of drug-likeness (QED) is 0.834. The summed E-state index contributed by atoms with van der Waals surface area (Å²) in [5.41, 5.74) is 0. The van der Waals surface area contributed by atoms with Crippen molar-refractivity contribution in [1.82, 2.24) is 9.36 Å². The van der Waals surface area contributed by atoms with Gasteiger partial charge in [0.2, 0.25) is 5.13 Å². The van der Waals surface area contributed by atoms with Crippen LogP contribution in [0.25, 0.3) is 0 Å². The topological polar surface area (TPSA) is 75.6 Å². The highest BCUT2D eigenvalue weighted by Gasteiger charge is 2.27. The van der Waals surface area contributed by atoms with Crippen LogP contribution in [0.1, 0.15) is 12.2 Å². The number of morpholine rings is 1. The van der Waals surface area contributed by atoms with Gasteiger partial charge in [-0.1, -0.05) is 0 Å². The molecule has 0 amide bonds. The Balaban J connectivity index is 2.12. The standard InChI is InChI=1S/C9H13N3O3S/c1-6-10-9(16-11-6)12-2-3-15-5-7(12)4-8(13)14/h7H,2-5H2,1H3,(H,13,14). The molecule has 0 aromatic carbocycles. The summed E-state index contributed by atoms with van der Waals surface area (Å²) < 4.78 is 9.40. The second-order valence-corrected chi connectivity index (χ2v) is 4.37. The van der Waals surface area contributed by atoms with Crippen molar-refractivity contribution in [1.29, 1.82) is 0 Å². The number of nitrogens with zero attached hydrogens (tertiary/aromatic N) is 3. The van der Waals surface area contributed by atoms with Crippen molar-refractivity contribution in [2.24, 2.45) is 0 Å². The van der Waals surface area contributed by atoms with Crippen LogP contribution in [0.4, 0.5) is 5.13 Å².